The van der Waals surface area contributed by atoms with Gasteiger partial charge in [-0.3, -0.25) is 9.79 Å². The minimum atomic E-state index is -0.606. The van der Waals surface area contributed by atoms with Crippen molar-refractivity contribution in [3.8, 4) is 5.75 Å². The minimum Gasteiger partial charge on any atom is -0.426 e. The molecule has 0 spiro atoms. The third-order valence-corrected chi connectivity index (χ3v) is 4.74. The Kier molecular flexibility index (Phi) is 5.52. The molecule has 1 aliphatic carbocycles. The zero-order valence-electron chi connectivity index (χ0n) is 15.0. The highest BCUT2D eigenvalue weighted by Gasteiger charge is 2.41. The molecule has 0 unspecified atom stereocenters. The normalized spacial score (nSPS) is 17.1. The molecule has 1 saturated carbocycles. The second kappa shape index (κ2) is 7.24. The second-order valence-electron chi connectivity index (χ2n) is 7.75. The summed E-state index contributed by atoms with van der Waals surface area (Å²) in [5.41, 5.74) is 11.6. The Morgan fingerprint density at radius 1 is 1.12 bits per heavy atom. The van der Waals surface area contributed by atoms with Crippen LogP contribution in [-0.2, 0) is 10.2 Å². The molecule has 0 amide bonds. The number of guanidine groups is 1. The average Bonchev–Trinajstić information content (AvgIpc) is 2.53. The van der Waals surface area contributed by atoms with Gasteiger partial charge in [-0.05, 0) is 36.0 Å². The predicted octanol–water partition coefficient (Wildman–Crippen LogP) is 3.11. The van der Waals surface area contributed by atoms with E-state index in [1.54, 1.807) is 0 Å². The first-order chi connectivity index (χ1) is 11.2. The van der Waals surface area contributed by atoms with E-state index in [1.807, 2.05) is 24.3 Å². The standard InChI is InChI=1S/C19H29N3O2/c1-18(2,3)14-7-9-15(10-8-14)24-16(23)19(13-22-17(20)21)11-5-4-6-12-19/h7-10H,4-6,11-13H2,1-3H3,(H4,20,21,22). The van der Waals surface area contributed by atoms with E-state index >= 15 is 0 Å². The summed E-state index contributed by atoms with van der Waals surface area (Å²) in [5.74, 6) is 0.362. The molecule has 1 fully saturated rings. The van der Waals surface area contributed by atoms with Gasteiger partial charge in [0.05, 0.1) is 12.0 Å². The van der Waals surface area contributed by atoms with E-state index in [4.69, 9.17) is 16.2 Å². The Balaban J connectivity index is 2.14. The van der Waals surface area contributed by atoms with Crippen molar-refractivity contribution in [1.29, 1.82) is 0 Å². The van der Waals surface area contributed by atoms with Crippen molar-refractivity contribution < 1.29 is 9.53 Å². The molecule has 0 radical (unpaired) electrons. The summed E-state index contributed by atoms with van der Waals surface area (Å²) in [6, 6.07) is 7.73. The van der Waals surface area contributed by atoms with Gasteiger partial charge in [-0.15, -0.1) is 0 Å². The van der Waals surface area contributed by atoms with Gasteiger partial charge < -0.3 is 16.2 Å². The monoisotopic (exact) mass is 331 g/mol. The Hall–Kier alpha value is -2.04. The van der Waals surface area contributed by atoms with Crippen LogP contribution in [0, 0.1) is 5.41 Å². The molecule has 1 aliphatic rings. The number of hydrogen-bond donors (Lipinski definition) is 2. The number of ether oxygens (including phenoxy) is 1. The van der Waals surface area contributed by atoms with Crippen LogP contribution in [0.5, 0.6) is 5.75 Å². The summed E-state index contributed by atoms with van der Waals surface area (Å²) in [4.78, 5) is 16.9. The zero-order chi connectivity index (χ0) is 17.8. The van der Waals surface area contributed by atoms with Crippen LogP contribution in [0.1, 0.15) is 58.4 Å². The maximum atomic E-state index is 12.8. The minimum absolute atomic E-state index is 0.0160. The van der Waals surface area contributed by atoms with Gasteiger partial charge in [0, 0.05) is 0 Å². The van der Waals surface area contributed by atoms with Crippen molar-refractivity contribution in [2.24, 2.45) is 21.9 Å². The van der Waals surface area contributed by atoms with Crippen molar-refractivity contribution in [3.63, 3.8) is 0 Å². The van der Waals surface area contributed by atoms with Crippen molar-refractivity contribution in [2.45, 2.75) is 58.3 Å². The van der Waals surface area contributed by atoms with E-state index < -0.39 is 5.41 Å². The SMILES string of the molecule is CC(C)(C)c1ccc(OC(=O)C2(CN=C(N)N)CCCCC2)cc1. The number of carbonyl (C=O) groups is 1. The number of benzene rings is 1. The fourth-order valence-electron chi connectivity index (χ4n) is 3.14. The Morgan fingerprint density at radius 2 is 1.71 bits per heavy atom. The van der Waals surface area contributed by atoms with E-state index in [9.17, 15) is 4.79 Å². The van der Waals surface area contributed by atoms with Crippen molar-refractivity contribution in [3.05, 3.63) is 29.8 Å². The highest BCUT2D eigenvalue weighted by atomic mass is 16.5. The molecule has 0 heterocycles. The van der Waals surface area contributed by atoms with Gasteiger partial charge in [0.2, 0.25) is 0 Å². The molecule has 2 rings (SSSR count). The van der Waals surface area contributed by atoms with Crippen LogP contribution in [0.4, 0.5) is 0 Å². The number of hydrogen-bond acceptors (Lipinski definition) is 3. The third-order valence-electron chi connectivity index (χ3n) is 4.74. The van der Waals surface area contributed by atoms with E-state index in [0.717, 1.165) is 32.1 Å². The molecule has 1 aromatic rings. The average molecular weight is 331 g/mol. The Labute approximate surface area is 144 Å². The van der Waals surface area contributed by atoms with Gasteiger partial charge in [0.1, 0.15) is 5.75 Å². The van der Waals surface area contributed by atoms with Crippen molar-refractivity contribution in [1.82, 2.24) is 0 Å². The highest BCUT2D eigenvalue weighted by Crippen LogP contribution is 2.38. The first-order valence-electron chi connectivity index (χ1n) is 8.61. The second-order valence-corrected chi connectivity index (χ2v) is 7.75. The summed E-state index contributed by atoms with van der Waals surface area (Å²) >= 11 is 0. The maximum absolute atomic E-state index is 12.8. The molecule has 0 saturated heterocycles. The number of nitrogens with zero attached hydrogens (tertiary/aromatic N) is 1. The van der Waals surface area contributed by atoms with Crippen LogP contribution < -0.4 is 16.2 Å². The van der Waals surface area contributed by atoms with Gasteiger partial charge in [0.25, 0.3) is 0 Å². The summed E-state index contributed by atoms with van der Waals surface area (Å²) in [7, 11) is 0. The number of nitrogens with two attached hydrogens (primary N) is 2. The predicted molar refractivity (Wildman–Crippen MR) is 97.0 cm³/mol. The molecule has 4 N–H and O–H groups in total. The number of aliphatic imine (C=N–C) groups is 1. The molecule has 132 valence electrons. The lowest BCUT2D eigenvalue weighted by atomic mass is 9.74. The van der Waals surface area contributed by atoms with Crippen molar-refractivity contribution >= 4 is 11.9 Å². The highest BCUT2D eigenvalue weighted by molar-refractivity contribution is 5.81. The lowest BCUT2D eigenvalue weighted by Crippen LogP contribution is -2.40. The van der Waals surface area contributed by atoms with E-state index in [-0.39, 0.29) is 17.3 Å². The van der Waals surface area contributed by atoms with Crippen molar-refractivity contribution in [2.75, 3.05) is 6.54 Å². The molecule has 0 aromatic heterocycles. The molecular weight excluding hydrogens is 302 g/mol. The van der Waals surface area contributed by atoms with Gasteiger partial charge in [-0.2, -0.15) is 0 Å². The van der Waals surface area contributed by atoms with Crippen LogP contribution >= 0.6 is 0 Å². The fraction of sp³-hybridized carbons (Fsp3) is 0.579. The van der Waals surface area contributed by atoms with Gasteiger partial charge in [-0.25, -0.2) is 0 Å². The largest absolute Gasteiger partial charge is 0.426 e. The van der Waals surface area contributed by atoms with Crippen LogP contribution in [0.25, 0.3) is 0 Å². The molecule has 0 aliphatic heterocycles. The maximum Gasteiger partial charge on any atom is 0.319 e. The molecule has 0 atom stereocenters. The van der Waals surface area contributed by atoms with Gasteiger partial charge >= 0.3 is 5.97 Å². The molecule has 0 bridgehead atoms. The topological polar surface area (TPSA) is 90.7 Å². The molecule has 5 heteroatoms. The number of esters is 1. The Bertz CT molecular complexity index is 590. The quantitative estimate of drug-likeness (QED) is 0.384. The smallest absolute Gasteiger partial charge is 0.319 e. The fourth-order valence-corrected chi connectivity index (χ4v) is 3.14. The van der Waals surface area contributed by atoms with E-state index in [2.05, 4.69) is 25.8 Å². The number of carbonyl (C=O) groups excluding carboxylic acids is 1. The lowest BCUT2D eigenvalue weighted by molar-refractivity contribution is -0.147. The van der Waals surface area contributed by atoms with E-state index in [1.165, 1.54) is 5.56 Å². The summed E-state index contributed by atoms with van der Waals surface area (Å²) < 4.78 is 5.67. The summed E-state index contributed by atoms with van der Waals surface area (Å²) in [6.45, 7) is 6.76. The number of rotatable bonds is 4. The first kappa shape index (κ1) is 18.3. The van der Waals surface area contributed by atoms with E-state index in [0.29, 0.717) is 12.3 Å². The summed E-state index contributed by atoms with van der Waals surface area (Å²) in [5, 5.41) is 0. The molecule has 5 nitrogen and oxygen atoms in total. The molecular formula is C19H29N3O2. The molecule has 24 heavy (non-hydrogen) atoms. The molecule has 1 aromatic carbocycles. The Morgan fingerprint density at radius 3 is 2.21 bits per heavy atom. The van der Waals surface area contributed by atoms with Crippen LogP contribution in [0.15, 0.2) is 29.3 Å². The van der Waals surface area contributed by atoms with Gasteiger partial charge in [-0.1, -0.05) is 52.2 Å². The zero-order valence-corrected chi connectivity index (χ0v) is 15.0. The lowest BCUT2D eigenvalue weighted by Gasteiger charge is -2.33. The third kappa shape index (κ3) is 4.49. The van der Waals surface area contributed by atoms with Crippen LogP contribution in [0.2, 0.25) is 0 Å². The summed E-state index contributed by atoms with van der Waals surface area (Å²) in [6.07, 6.45) is 4.67. The van der Waals surface area contributed by atoms with Gasteiger partial charge in [0.15, 0.2) is 5.96 Å². The van der Waals surface area contributed by atoms with Crippen LogP contribution in [0.3, 0.4) is 0 Å². The van der Waals surface area contributed by atoms with Crippen LogP contribution in [-0.4, -0.2) is 18.5 Å². The first-order valence-corrected chi connectivity index (χ1v) is 8.61.